The minimum Gasteiger partial charge on any atom is -0.486 e. The second-order valence-corrected chi connectivity index (χ2v) is 7.23. The number of amides is 1. The first-order valence-electron chi connectivity index (χ1n) is 9.46. The summed E-state index contributed by atoms with van der Waals surface area (Å²) in [6.07, 6.45) is 4.39. The summed E-state index contributed by atoms with van der Waals surface area (Å²) in [6.45, 7) is 2.09. The van der Waals surface area contributed by atoms with Crippen molar-refractivity contribution in [3.63, 3.8) is 0 Å². The van der Waals surface area contributed by atoms with Gasteiger partial charge in [0.1, 0.15) is 25.6 Å². The second-order valence-electron chi connectivity index (χ2n) is 7.23. The van der Waals surface area contributed by atoms with Crippen molar-refractivity contribution in [3.8, 4) is 11.5 Å². The first kappa shape index (κ1) is 17.9. The summed E-state index contributed by atoms with van der Waals surface area (Å²) >= 11 is 0. The molecule has 2 aliphatic rings. The molecule has 0 radical (unpaired) electrons. The van der Waals surface area contributed by atoms with Gasteiger partial charge in [0.2, 0.25) is 0 Å². The summed E-state index contributed by atoms with van der Waals surface area (Å²) in [5, 5.41) is 3.07. The fraction of sp³-hybridized carbons (Fsp3) is 0.476. The lowest BCUT2D eigenvalue weighted by Crippen LogP contribution is -2.39. The van der Waals surface area contributed by atoms with Crippen molar-refractivity contribution >= 4 is 5.91 Å². The van der Waals surface area contributed by atoms with Crippen molar-refractivity contribution in [2.24, 2.45) is 0 Å². The monoisotopic (exact) mass is 371 g/mol. The van der Waals surface area contributed by atoms with Crippen LogP contribution < -0.4 is 14.8 Å². The van der Waals surface area contributed by atoms with Gasteiger partial charge in [-0.15, -0.1) is 0 Å². The van der Waals surface area contributed by atoms with E-state index >= 15 is 0 Å². The van der Waals surface area contributed by atoms with Crippen molar-refractivity contribution in [1.29, 1.82) is 0 Å². The number of rotatable bonds is 6. The quantitative estimate of drug-likeness (QED) is 0.842. The summed E-state index contributed by atoms with van der Waals surface area (Å²) in [6, 6.07) is 9.62. The molecule has 0 atom stereocenters. The third kappa shape index (κ3) is 3.67. The maximum atomic E-state index is 12.5. The molecule has 27 heavy (non-hydrogen) atoms. The van der Waals surface area contributed by atoms with Gasteiger partial charge in [-0.1, -0.05) is 18.9 Å². The fourth-order valence-electron chi connectivity index (χ4n) is 4.05. The van der Waals surface area contributed by atoms with Crippen molar-refractivity contribution in [2.75, 3.05) is 26.9 Å². The van der Waals surface area contributed by atoms with Crippen LogP contribution in [0.1, 0.15) is 47.6 Å². The summed E-state index contributed by atoms with van der Waals surface area (Å²) in [5.74, 6) is 2.36. The molecule has 6 nitrogen and oxygen atoms in total. The van der Waals surface area contributed by atoms with Gasteiger partial charge in [-0.2, -0.15) is 0 Å². The number of carbonyl (C=O) groups is 1. The van der Waals surface area contributed by atoms with E-state index in [4.69, 9.17) is 18.6 Å². The third-order valence-corrected chi connectivity index (χ3v) is 5.47. The van der Waals surface area contributed by atoms with Gasteiger partial charge in [0.05, 0.1) is 0 Å². The molecule has 4 rings (SSSR count). The molecule has 1 aliphatic carbocycles. The normalized spacial score (nSPS) is 17.7. The van der Waals surface area contributed by atoms with Gasteiger partial charge >= 0.3 is 0 Å². The molecule has 2 heterocycles. The first-order valence-corrected chi connectivity index (χ1v) is 9.46. The Labute approximate surface area is 158 Å². The molecule has 6 heteroatoms. The highest BCUT2D eigenvalue weighted by Gasteiger charge is 2.37. The van der Waals surface area contributed by atoms with Crippen LogP contribution >= 0.6 is 0 Å². The highest BCUT2D eigenvalue weighted by molar-refractivity contribution is 5.91. The number of methoxy groups -OCH3 is 1. The zero-order valence-electron chi connectivity index (χ0n) is 15.6. The number of hydrogen-bond donors (Lipinski definition) is 1. The molecule has 1 amide bonds. The van der Waals surface area contributed by atoms with E-state index in [9.17, 15) is 4.79 Å². The minimum atomic E-state index is -0.193. The number of fused-ring (bicyclic) bond motifs is 1. The van der Waals surface area contributed by atoms with Crippen LogP contribution in [0.25, 0.3) is 0 Å². The Kier molecular flexibility index (Phi) is 5.07. The third-order valence-electron chi connectivity index (χ3n) is 5.47. The SMILES string of the molecule is COCc1ccc(C(=O)NCC2(c3ccc4c(c3)OCCO4)CCCC2)o1. The molecule has 1 aromatic heterocycles. The van der Waals surface area contributed by atoms with Crippen LogP contribution in [0.5, 0.6) is 11.5 Å². The van der Waals surface area contributed by atoms with E-state index < -0.39 is 0 Å². The zero-order chi connectivity index (χ0) is 18.7. The van der Waals surface area contributed by atoms with Crippen LogP contribution in [0, 0.1) is 0 Å². The molecule has 0 bridgehead atoms. The number of hydrogen-bond acceptors (Lipinski definition) is 5. The van der Waals surface area contributed by atoms with E-state index in [0.29, 0.717) is 37.9 Å². The van der Waals surface area contributed by atoms with E-state index in [1.54, 1.807) is 19.2 Å². The van der Waals surface area contributed by atoms with Gasteiger partial charge in [0, 0.05) is 19.1 Å². The van der Waals surface area contributed by atoms with Gasteiger partial charge < -0.3 is 23.9 Å². The van der Waals surface area contributed by atoms with Crippen LogP contribution in [0.2, 0.25) is 0 Å². The molecule has 2 aromatic rings. The van der Waals surface area contributed by atoms with Crippen molar-refractivity contribution in [1.82, 2.24) is 5.32 Å². The molecular formula is C21H25NO5. The van der Waals surface area contributed by atoms with Gasteiger partial charge in [-0.05, 0) is 42.7 Å². The van der Waals surface area contributed by atoms with E-state index in [1.807, 2.05) is 6.07 Å². The largest absolute Gasteiger partial charge is 0.486 e. The highest BCUT2D eigenvalue weighted by Crippen LogP contribution is 2.43. The Hall–Kier alpha value is -2.47. The smallest absolute Gasteiger partial charge is 0.287 e. The van der Waals surface area contributed by atoms with Gasteiger partial charge in [0.15, 0.2) is 17.3 Å². The van der Waals surface area contributed by atoms with E-state index in [-0.39, 0.29) is 11.3 Å². The summed E-state index contributed by atoms with van der Waals surface area (Å²) < 4.78 is 22.0. The Morgan fingerprint density at radius 2 is 1.89 bits per heavy atom. The molecular weight excluding hydrogens is 346 g/mol. The molecule has 0 saturated heterocycles. The van der Waals surface area contributed by atoms with E-state index in [1.165, 1.54) is 5.56 Å². The second kappa shape index (κ2) is 7.64. The molecule has 1 saturated carbocycles. The number of ether oxygens (including phenoxy) is 3. The average Bonchev–Trinajstić information content (AvgIpc) is 3.37. The molecule has 1 N–H and O–H groups in total. The summed E-state index contributed by atoms with van der Waals surface area (Å²) in [4.78, 5) is 12.5. The average molecular weight is 371 g/mol. The number of nitrogens with one attached hydrogen (secondary N) is 1. The summed E-state index contributed by atoms with van der Waals surface area (Å²) in [5.41, 5.74) is 1.12. The number of furan rings is 1. The fourth-order valence-corrected chi connectivity index (χ4v) is 4.05. The van der Waals surface area contributed by atoms with Gasteiger partial charge in [-0.3, -0.25) is 4.79 Å². The number of benzene rings is 1. The van der Waals surface area contributed by atoms with Crippen LogP contribution in [0.15, 0.2) is 34.7 Å². The van der Waals surface area contributed by atoms with Crippen LogP contribution in [0.3, 0.4) is 0 Å². The van der Waals surface area contributed by atoms with Gasteiger partial charge in [0.25, 0.3) is 5.91 Å². The maximum Gasteiger partial charge on any atom is 0.287 e. The lowest BCUT2D eigenvalue weighted by molar-refractivity contribution is 0.0906. The van der Waals surface area contributed by atoms with Crippen molar-refractivity contribution in [3.05, 3.63) is 47.4 Å². The minimum absolute atomic E-state index is 0.0759. The molecule has 0 spiro atoms. The summed E-state index contributed by atoms with van der Waals surface area (Å²) in [7, 11) is 1.60. The highest BCUT2D eigenvalue weighted by atomic mass is 16.6. The van der Waals surface area contributed by atoms with Gasteiger partial charge in [-0.25, -0.2) is 0 Å². The van der Waals surface area contributed by atoms with Crippen LogP contribution in [0.4, 0.5) is 0 Å². The predicted octanol–water partition coefficient (Wildman–Crippen LogP) is 3.44. The molecule has 1 fully saturated rings. The maximum absolute atomic E-state index is 12.5. The van der Waals surface area contributed by atoms with Crippen molar-refractivity contribution < 1.29 is 23.4 Å². The Balaban J connectivity index is 1.49. The lowest BCUT2D eigenvalue weighted by atomic mass is 9.78. The lowest BCUT2D eigenvalue weighted by Gasteiger charge is -2.31. The zero-order valence-corrected chi connectivity index (χ0v) is 15.6. The Bertz CT molecular complexity index is 807. The number of carbonyl (C=O) groups excluding carboxylic acids is 1. The molecule has 144 valence electrons. The Morgan fingerprint density at radius 1 is 1.11 bits per heavy atom. The van der Waals surface area contributed by atoms with Crippen LogP contribution in [-0.4, -0.2) is 32.8 Å². The van der Waals surface area contributed by atoms with E-state index in [2.05, 4.69) is 17.4 Å². The molecule has 0 unspecified atom stereocenters. The van der Waals surface area contributed by atoms with E-state index in [0.717, 1.165) is 37.2 Å². The van der Waals surface area contributed by atoms with Crippen molar-refractivity contribution in [2.45, 2.75) is 37.7 Å². The first-order chi connectivity index (χ1) is 13.2. The predicted molar refractivity (Wildman–Crippen MR) is 99.3 cm³/mol. The molecule has 1 aromatic carbocycles. The molecule has 1 aliphatic heterocycles. The standard InChI is InChI=1S/C21H25NO5/c1-24-13-16-5-7-18(27-16)20(23)22-14-21(8-2-3-9-21)15-4-6-17-19(12-15)26-11-10-25-17/h4-7,12H,2-3,8-11,13-14H2,1H3,(H,22,23). The van der Waals surface area contributed by atoms with Crippen LogP contribution in [-0.2, 0) is 16.8 Å². The topological polar surface area (TPSA) is 69.9 Å². The Morgan fingerprint density at radius 3 is 2.67 bits per heavy atom.